The van der Waals surface area contributed by atoms with Gasteiger partial charge in [0.25, 0.3) is 5.91 Å². The average Bonchev–Trinajstić information content (AvgIpc) is 3.24. The number of nitrogens with two attached hydrogens (primary N) is 1. The molecule has 2 aromatic heterocycles. The van der Waals surface area contributed by atoms with E-state index in [0.29, 0.717) is 41.0 Å². The maximum atomic E-state index is 12.9. The van der Waals surface area contributed by atoms with Gasteiger partial charge in [0.2, 0.25) is 5.95 Å². The maximum absolute atomic E-state index is 12.9. The Hall–Kier alpha value is -3.58. The number of aromatic nitrogens is 3. The molecular formula is C25H25ClN6O. The van der Waals surface area contributed by atoms with E-state index in [2.05, 4.69) is 15.3 Å². The molecule has 168 valence electrons. The molecule has 33 heavy (non-hydrogen) atoms. The van der Waals surface area contributed by atoms with Crippen LogP contribution in [0.15, 0.2) is 54.9 Å². The minimum absolute atomic E-state index is 0.0512. The molecule has 1 amide bonds. The van der Waals surface area contributed by atoms with E-state index < -0.39 is 0 Å². The number of rotatable bonds is 4. The number of likely N-dealkylation sites (tertiary alicyclic amines) is 1. The fourth-order valence-electron chi connectivity index (χ4n) is 4.40. The molecule has 1 aliphatic rings. The van der Waals surface area contributed by atoms with Crippen molar-refractivity contribution < 1.29 is 4.79 Å². The number of halogens is 1. The Bertz CT molecular complexity index is 1330. The molecule has 2 aromatic carbocycles. The van der Waals surface area contributed by atoms with Crippen molar-refractivity contribution in [3.05, 3.63) is 71.0 Å². The van der Waals surface area contributed by atoms with Crippen LogP contribution in [-0.2, 0) is 0 Å². The van der Waals surface area contributed by atoms with Crippen LogP contribution in [0.1, 0.15) is 28.8 Å². The number of nitrogens with zero attached hydrogens (tertiary/aromatic N) is 3. The van der Waals surface area contributed by atoms with E-state index in [-0.39, 0.29) is 11.9 Å². The summed E-state index contributed by atoms with van der Waals surface area (Å²) in [7, 11) is 0. The third-order valence-corrected chi connectivity index (χ3v) is 6.46. The largest absolute Gasteiger partial charge is 0.399 e. The second-order valence-corrected chi connectivity index (χ2v) is 8.83. The van der Waals surface area contributed by atoms with Crippen LogP contribution in [0.4, 0.5) is 11.6 Å². The number of benzene rings is 2. The van der Waals surface area contributed by atoms with Crippen LogP contribution in [0.3, 0.4) is 0 Å². The summed E-state index contributed by atoms with van der Waals surface area (Å²) in [6, 6.07) is 13.7. The maximum Gasteiger partial charge on any atom is 0.254 e. The number of H-pyrrole nitrogens is 1. The van der Waals surface area contributed by atoms with Crippen molar-refractivity contribution in [3.8, 4) is 11.3 Å². The highest BCUT2D eigenvalue weighted by Crippen LogP contribution is 2.32. The van der Waals surface area contributed by atoms with Crippen molar-refractivity contribution in [2.45, 2.75) is 25.8 Å². The zero-order chi connectivity index (χ0) is 22.9. The molecule has 0 atom stereocenters. The molecule has 4 aromatic rings. The second kappa shape index (κ2) is 8.75. The van der Waals surface area contributed by atoms with Crippen molar-refractivity contribution in [1.29, 1.82) is 0 Å². The first-order valence-electron chi connectivity index (χ1n) is 11.0. The van der Waals surface area contributed by atoms with Crippen LogP contribution >= 0.6 is 11.6 Å². The van der Waals surface area contributed by atoms with E-state index in [0.717, 1.165) is 34.9 Å². The van der Waals surface area contributed by atoms with Crippen LogP contribution < -0.4 is 11.1 Å². The number of piperidine rings is 1. The Morgan fingerprint density at radius 3 is 2.79 bits per heavy atom. The Labute approximate surface area is 197 Å². The molecule has 5 rings (SSSR count). The number of aromatic amines is 1. The molecule has 1 saturated heterocycles. The summed E-state index contributed by atoms with van der Waals surface area (Å²) >= 11 is 6.45. The Morgan fingerprint density at radius 1 is 1.21 bits per heavy atom. The predicted octanol–water partition coefficient (Wildman–Crippen LogP) is 4.89. The zero-order valence-electron chi connectivity index (χ0n) is 18.3. The summed E-state index contributed by atoms with van der Waals surface area (Å²) < 4.78 is 0. The first-order valence-corrected chi connectivity index (χ1v) is 11.4. The number of hydrogen-bond donors (Lipinski definition) is 3. The van der Waals surface area contributed by atoms with Gasteiger partial charge in [-0.15, -0.1) is 0 Å². The summed E-state index contributed by atoms with van der Waals surface area (Å²) in [5, 5.41) is 5.00. The highest BCUT2D eigenvalue weighted by Gasteiger charge is 2.25. The van der Waals surface area contributed by atoms with E-state index in [4.69, 9.17) is 22.3 Å². The lowest BCUT2D eigenvalue weighted by Crippen LogP contribution is -2.42. The van der Waals surface area contributed by atoms with Gasteiger partial charge in [-0.3, -0.25) is 4.79 Å². The van der Waals surface area contributed by atoms with E-state index in [1.807, 2.05) is 54.4 Å². The molecule has 0 bridgehead atoms. The molecule has 0 unspecified atom stereocenters. The van der Waals surface area contributed by atoms with E-state index >= 15 is 0 Å². The lowest BCUT2D eigenvalue weighted by Gasteiger charge is -2.32. The molecule has 4 N–H and O–H groups in total. The summed E-state index contributed by atoms with van der Waals surface area (Å²) in [6.45, 7) is 3.26. The summed E-state index contributed by atoms with van der Waals surface area (Å²) in [5.41, 5.74) is 10.8. The van der Waals surface area contributed by atoms with Gasteiger partial charge in [-0.25, -0.2) is 9.97 Å². The first-order chi connectivity index (χ1) is 16.0. The molecule has 3 heterocycles. The molecule has 8 heteroatoms. The van der Waals surface area contributed by atoms with Crippen molar-refractivity contribution in [2.24, 2.45) is 0 Å². The Morgan fingerprint density at radius 2 is 2.00 bits per heavy atom. The number of amides is 1. The van der Waals surface area contributed by atoms with Gasteiger partial charge in [0.15, 0.2) is 0 Å². The van der Waals surface area contributed by atoms with Crippen molar-refractivity contribution in [3.63, 3.8) is 0 Å². The monoisotopic (exact) mass is 460 g/mol. The SMILES string of the molecule is Cc1cc(N)ccc1C(=O)N1CCC(Nc2ncc(Cl)c(-c3c[nH]c4ccccc34)n2)CC1. The van der Waals surface area contributed by atoms with Gasteiger partial charge < -0.3 is 20.9 Å². The number of carbonyl (C=O) groups excluding carboxylic acids is 1. The average molecular weight is 461 g/mol. The Kier molecular flexibility index (Phi) is 5.64. The third-order valence-electron chi connectivity index (χ3n) is 6.18. The van der Waals surface area contributed by atoms with Crippen LogP contribution in [0, 0.1) is 6.92 Å². The van der Waals surface area contributed by atoms with Crippen LogP contribution in [0.25, 0.3) is 22.2 Å². The highest BCUT2D eigenvalue weighted by molar-refractivity contribution is 6.33. The minimum atomic E-state index is 0.0512. The molecule has 7 nitrogen and oxygen atoms in total. The number of aryl methyl sites for hydroxylation is 1. The molecule has 0 aliphatic carbocycles. The predicted molar refractivity (Wildman–Crippen MR) is 132 cm³/mol. The minimum Gasteiger partial charge on any atom is -0.399 e. The van der Waals surface area contributed by atoms with E-state index in [1.165, 1.54) is 0 Å². The lowest BCUT2D eigenvalue weighted by molar-refractivity contribution is 0.0717. The van der Waals surface area contributed by atoms with Crippen LogP contribution in [0.2, 0.25) is 5.02 Å². The highest BCUT2D eigenvalue weighted by atomic mass is 35.5. The second-order valence-electron chi connectivity index (χ2n) is 8.42. The van der Waals surface area contributed by atoms with Crippen molar-refractivity contribution in [2.75, 3.05) is 24.1 Å². The number of carbonyl (C=O) groups is 1. The smallest absolute Gasteiger partial charge is 0.254 e. The first kappa shape index (κ1) is 21.3. The van der Waals surface area contributed by atoms with Gasteiger partial charge in [-0.05, 0) is 49.6 Å². The van der Waals surface area contributed by atoms with Crippen LogP contribution in [0.5, 0.6) is 0 Å². The fourth-order valence-corrected chi connectivity index (χ4v) is 4.59. The van der Waals surface area contributed by atoms with Gasteiger partial charge in [0.05, 0.1) is 16.9 Å². The van der Waals surface area contributed by atoms with Crippen molar-refractivity contribution >= 4 is 40.0 Å². The number of nitrogen functional groups attached to an aromatic ring is 1. The van der Waals surface area contributed by atoms with E-state index in [9.17, 15) is 4.79 Å². The third kappa shape index (κ3) is 4.24. The fraction of sp³-hybridized carbons (Fsp3) is 0.240. The molecule has 0 radical (unpaired) electrons. The molecular weight excluding hydrogens is 436 g/mol. The quantitative estimate of drug-likeness (QED) is 0.377. The standard InChI is InChI=1S/C25H25ClN6O/c1-15-12-16(27)6-7-18(15)24(33)32-10-8-17(9-11-32)30-25-29-14-21(26)23(31-25)20-13-28-22-5-3-2-4-19(20)22/h2-7,12-14,17,28H,8-11,27H2,1H3,(H,29,30,31). The van der Waals surface area contributed by atoms with Crippen molar-refractivity contribution in [1.82, 2.24) is 19.9 Å². The molecule has 1 fully saturated rings. The zero-order valence-corrected chi connectivity index (χ0v) is 19.1. The normalized spacial score (nSPS) is 14.5. The van der Waals surface area contributed by atoms with Gasteiger partial charge in [0, 0.05) is 53.0 Å². The molecule has 1 aliphatic heterocycles. The Balaban J connectivity index is 1.28. The van der Waals surface area contributed by atoms with Gasteiger partial charge >= 0.3 is 0 Å². The topological polar surface area (TPSA) is 99.9 Å². The molecule has 0 spiro atoms. The lowest BCUT2D eigenvalue weighted by atomic mass is 10.0. The van der Waals surface area contributed by atoms with Gasteiger partial charge in [-0.1, -0.05) is 29.8 Å². The number of fused-ring (bicyclic) bond motifs is 1. The number of hydrogen-bond acceptors (Lipinski definition) is 5. The van der Waals surface area contributed by atoms with Gasteiger partial charge in [0.1, 0.15) is 0 Å². The summed E-state index contributed by atoms with van der Waals surface area (Å²) in [6.07, 6.45) is 5.19. The number of nitrogens with one attached hydrogen (secondary N) is 2. The van der Waals surface area contributed by atoms with Crippen LogP contribution in [-0.4, -0.2) is 44.9 Å². The van der Waals surface area contributed by atoms with Gasteiger partial charge in [-0.2, -0.15) is 0 Å². The van der Waals surface area contributed by atoms with E-state index in [1.54, 1.807) is 12.3 Å². The number of para-hydroxylation sites is 1. The number of anilines is 2. The summed E-state index contributed by atoms with van der Waals surface area (Å²) in [5.74, 6) is 0.592. The molecule has 0 saturated carbocycles. The summed E-state index contributed by atoms with van der Waals surface area (Å²) in [4.78, 5) is 27.2.